The van der Waals surface area contributed by atoms with Gasteiger partial charge in [0.05, 0.1) is 0 Å². The molecule has 17 heavy (non-hydrogen) atoms. The molecule has 3 rings (SSSR count). The molecule has 0 atom stereocenters. The first-order chi connectivity index (χ1) is 8.07. The summed E-state index contributed by atoms with van der Waals surface area (Å²) in [6.07, 6.45) is 1.06. The molecule has 86 valence electrons. The first kappa shape index (κ1) is 11.2. The summed E-state index contributed by atoms with van der Waals surface area (Å²) in [5.74, 6) is 0. The average Bonchev–Trinajstić information content (AvgIpc) is 2.65. The van der Waals surface area contributed by atoms with Crippen LogP contribution in [0.5, 0.6) is 0 Å². The Morgan fingerprint density at radius 1 is 0.941 bits per heavy atom. The second kappa shape index (κ2) is 3.81. The number of hydrogen-bond acceptors (Lipinski definition) is 1. The van der Waals surface area contributed by atoms with Crippen LogP contribution < -0.4 is 8.08 Å². The molecule has 0 saturated heterocycles. The van der Waals surface area contributed by atoms with Crippen LogP contribution in [0.3, 0.4) is 0 Å². The molecule has 0 amide bonds. The van der Waals surface area contributed by atoms with Crippen molar-refractivity contribution >= 4 is 3.87 Å². The number of nitrogens with two attached hydrogens (primary N) is 1. The number of fused-ring (bicyclic) bond motifs is 3. The van der Waals surface area contributed by atoms with Gasteiger partial charge < -0.3 is 0 Å². The predicted octanol–water partition coefficient (Wildman–Crippen LogP) is 3.01. The van der Waals surface area contributed by atoms with Crippen molar-refractivity contribution < 1.29 is 16.8 Å². The molecule has 2 aromatic rings. The molecule has 0 aromatic heterocycles. The second-order valence-electron chi connectivity index (χ2n) is 5.39. The van der Waals surface area contributed by atoms with Gasteiger partial charge in [0.1, 0.15) is 0 Å². The van der Waals surface area contributed by atoms with Gasteiger partial charge in [-0.3, -0.25) is 0 Å². The van der Waals surface area contributed by atoms with Gasteiger partial charge >= 0.3 is 107 Å². The van der Waals surface area contributed by atoms with E-state index in [1.165, 1.54) is 26.1 Å². The third-order valence-electron chi connectivity index (χ3n) is 3.54. The standard InChI is InChI=1S/C13H9.2CH3.H2N.Ti/c1-3-7-12-10(5-1)9-11-6-2-4-8-13(11)12;;;;/h1-5,7-8H,9H2;2*1H3;1H2;/q;;;-1;+1. The molecule has 0 heterocycles. The molecule has 2 aromatic carbocycles. The van der Waals surface area contributed by atoms with Gasteiger partial charge in [-0.2, -0.15) is 0 Å². The molecule has 2 heteroatoms. The van der Waals surface area contributed by atoms with Crippen molar-refractivity contribution in [1.29, 1.82) is 0 Å². The summed E-state index contributed by atoms with van der Waals surface area (Å²) >= 11 is -2.24. The second-order valence-corrected chi connectivity index (χ2v) is 11.6. The summed E-state index contributed by atoms with van der Waals surface area (Å²) in [7, 11) is 0. The van der Waals surface area contributed by atoms with E-state index in [1.807, 2.05) is 0 Å². The van der Waals surface area contributed by atoms with Crippen LogP contribution in [0.4, 0.5) is 0 Å². The van der Waals surface area contributed by atoms with Gasteiger partial charge in [0, 0.05) is 0 Å². The number of rotatable bonds is 1. The quantitative estimate of drug-likeness (QED) is 0.668. The Labute approximate surface area is 106 Å². The Hall–Kier alpha value is -0.886. The van der Waals surface area contributed by atoms with E-state index in [0.717, 1.165) is 6.42 Å². The van der Waals surface area contributed by atoms with Crippen molar-refractivity contribution in [2.24, 2.45) is 4.22 Å². The molecular weight excluding hydrogens is 242 g/mol. The van der Waals surface area contributed by atoms with Crippen molar-refractivity contribution in [1.82, 2.24) is 0 Å². The van der Waals surface area contributed by atoms with E-state index in [-0.39, 0.29) is 0 Å². The van der Waals surface area contributed by atoms with Crippen LogP contribution in [0.25, 0.3) is 11.1 Å². The first-order valence-corrected chi connectivity index (χ1v) is 10.9. The Morgan fingerprint density at radius 2 is 1.65 bits per heavy atom. The van der Waals surface area contributed by atoms with Crippen LogP contribution in [0.1, 0.15) is 11.1 Å². The molecule has 0 saturated carbocycles. The van der Waals surface area contributed by atoms with Gasteiger partial charge in [0.25, 0.3) is 0 Å². The Morgan fingerprint density at radius 3 is 2.41 bits per heavy atom. The SMILES string of the molecule is [CH3][Ti]([CH3])([NH2])[c]1cccc2c1Cc1ccccc1-2. The van der Waals surface area contributed by atoms with Crippen LogP contribution in [0.2, 0.25) is 10.5 Å². The number of hydrogen-bond donors (Lipinski definition) is 1. The molecule has 0 fully saturated rings. The average molecular weight is 259 g/mol. The zero-order valence-corrected chi connectivity index (χ0v) is 11.9. The number of benzene rings is 2. The molecule has 0 spiro atoms. The van der Waals surface area contributed by atoms with Gasteiger partial charge in [-0.15, -0.1) is 0 Å². The van der Waals surface area contributed by atoms with Gasteiger partial charge in [-0.05, 0) is 0 Å². The fourth-order valence-corrected chi connectivity index (χ4v) is 5.14. The van der Waals surface area contributed by atoms with E-state index < -0.39 is 16.8 Å². The van der Waals surface area contributed by atoms with Gasteiger partial charge in [0.2, 0.25) is 0 Å². The maximum absolute atomic E-state index is 6.45. The Balaban J connectivity index is 2.24. The van der Waals surface area contributed by atoms with Crippen LogP contribution in [-0.2, 0) is 23.3 Å². The fourth-order valence-electron chi connectivity index (χ4n) is 2.76. The normalized spacial score (nSPS) is 13.4. The van der Waals surface area contributed by atoms with Gasteiger partial charge in [0.15, 0.2) is 0 Å². The molecule has 1 aliphatic carbocycles. The van der Waals surface area contributed by atoms with Crippen molar-refractivity contribution in [3.8, 4) is 11.1 Å². The van der Waals surface area contributed by atoms with Crippen molar-refractivity contribution in [3.63, 3.8) is 0 Å². The summed E-state index contributed by atoms with van der Waals surface area (Å²) < 4.78 is 7.91. The summed E-state index contributed by atoms with van der Waals surface area (Å²) in [6.45, 7) is 0. The van der Waals surface area contributed by atoms with Crippen LogP contribution in [0, 0.1) is 0 Å². The van der Waals surface area contributed by atoms with E-state index in [4.69, 9.17) is 4.22 Å². The van der Waals surface area contributed by atoms with Crippen molar-refractivity contribution in [2.45, 2.75) is 16.9 Å². The zero-order chi connectivity index (χ0) is 12.0. The topological polar surface area (TPSA) is 26.0 Å². The third-order valence-corrected chi connectivity index (χ3v) is 6.44. The van der Waals surface area contributed by atoms with E-state index in [0.29, 0.717) is 0 Å². The molecule has 1 nitrogen and oxygen atoms in total. The zero-order valence-electron chi connectivity index (χ0n) is 10.3. The maximum atomic E-state index is 6.45. The predicted molar refractivity (Wildman–Crippen MR) is 70.2 cm³/mol. The van der Waals surface area contributed by atoms with E-state index >= 15 is 0 Å². The van der Waals surface area contributed by atoms with Gasteiger partial charge in [-0.1, -0.05) is 0 Å². The molecule has 0 aliphatic heterocycles. The van der Waals surface area contributed by atoms with Crippen molar-refractivity contribution in [3.05, 3.63) is 53.6 Å². The molecule has 0 unspecified atom stereocenters. The summed E-state index contributed by atoms with van der Waals surface area (Å²) in [6, 6.07) is 15.3. The molecular formula is C15H17NTi. The summed E-state index contributed by atoms with van der Waals surface area (Å²) in [5.41, 5.74) is 5.74. The van der Waals surface area contributed by atoms with E-state index in [1.54, 1.807) is 0 Å². The molecule has 0 bridgehead atoms. The van der Waals surface area contributed by atoms with Gasteiger partial charge in [-0.25, -0.2) is 0 Å². The minimum absolute atomic E-state index is 1.06. The molecule has 0 radical (unpaired) electrons. The summed E-state index contributed by atoms with van der Waals surface area (Å²) in [5, 5.41) is 4.53. The third kappa shape index (κ3) is 1.79. The molecule has 1 aliphatic rings. The molecule has 2 N–H and O–H groups in total. The Bertz CT molecular complexity index is 582. The van der Waals surface area contributed by atoms with E-state index in [9.17, 15) is 0 Å². The van der Waals surface area contributed by atoms with Crippen LogP contribution in [0.15, 0.2) is 42.5 Å². The van der Waals surface area contributed by atoms with Crippen LogP contribution in [-0.4, -0.2) is 0 Å². The van der Waals surface area contributed by atoms with Crippen LogP contribution >= 0.6 is 0 Å². The van der Waals surface area contributed by atoms with Crippen molar-refractivity contribution in [2.75, 3.05) is 0 Å². The monoisotopic (exact) mass is 259 g/mol. The Kier molecular flexibility index (Phi) is 2.51. The van der Waals surface area contributed by atoms with E-state index in [2.05, 4.69) is 52.9 Å². The first-order valence-electron chi connectivity index (χ1n) is 6.07. The fraction of sp³-hybridized carbons (Fsp3) is 0.200. The minimum atomic E-state index is -2.24. The summed E-state index contributed by atoms with van der Waals surface area (Å²) in [4.78, 5) is 0.